The van der Waals surface area contributed by atoms with E-state index in [4.69, 9.17) is 0 Å². The molecule has 3 heterocycles. The Balaban J connectivity index is 1.51. The number of carbonyl (C=O) groups excluding carboxylic acids is 1. The number of benzene rings is 1. The third kappa shape index (κ3) is 3.39. The van der Waals surface area contributed by atoms with E-state index in [9.17, 15) is 18.0 Å². The quantitative estimate of drug-likeness (QED) is 0.520. The number of alkyl halides is 3. The average molecular weight is 387 g/mol. The molecule has 7 nitrogen and oxygen atoms in total. The van der Waals surface area contributed by atoms with Crippen molar-refractivity contribution in [3.8, 4) is 16.8 Å². The Morgan fingerprint density at radius 2 is 1.89 bits per heavy atom. The number of halogens is 3. The first-order valence-corrected chi connectivity index (χ1v) is 8.03. The summed E-state index contributed by atoms with van der Waals surface area (Å²) in [6.45, 7) is 0. The number of hydrogen-bond donors (Lipinski definition) is 2. The molecular formula is C18H12F3N5O2. The summed E-state index contributed by atoms with van der Waals surface area (Å²) in [4.78, 5) is 22.0. The molecule has 0 radical (unpaired) electrons. The first-order valence-electron chi connectivity index (χ1n) is 8.03. The van der Waals surface area contributed by atoms with E-state index in [2.05, 4.69) is 19.9 Å². The van der Waals surface area contributed by atoms with Crippen molar-refractivity contribution < 1.29 is 22.8 Å². The van der Waals surface area contributed by atoms with Gasteiger partial charge in [-0.05, 0) is 29.8 Å². The normalized spacial score (nSPS) is 11.5. The van der Waals surface area contributed by atoms with E-state index in [1.165, 1.54) is 12.1 Å². The van der Waals surface area contributed by atoms with E-state index >= 15 is 0 Å². The molecule has 4 aromatic rings. The lowest BCUT2D eigenvalue weighted by Crippen LogP contribution is -2.27. The second-order valence-corrected chi connectivity index (χ2v) is 5.81. The number of aromatic amines is 1. The van der Waals surface area contributed by atoms with Crippen LogP contribution >= 0.6 is 0 Å². The Hall–Kier alpha value is -3.82. The lowest BCUT2D eigenvalue weighted by Gasteiger charge is -2.08. The molecule has 142 valence electrons. The number of nitrogens with one attached hydrogen (secondary N) is 2. The van der Waals surface area contributed by atoms with Gasteiger partial charge in [0.15, 0.2) is 0 Å². The third-order valence-corrected chi connectivity index (χ3v) is 3.98. The van der Waals surface area contributed by atoms with E-state index in [0.717, 1.165) is 27.8 Å². The minimum atomic E-state index is -5.06. The molecule has 0 amide bonds. The van der Waals surface area contributed by atoms with Gasteiger partial charge in [0.2, 0.25) is 0 Å². The molecule has 0 bridgehead atoms. The SMILES string of the molecule is O=C(ONc1ccc(-c2cnn(-c3ccnc4[nH]ccc34)c2)cc1)C(F)(F)F. The van der Waals surface area contributed by atoms with Crippen LogP contribution < -0.4 is 5.48 Å². The van der Waals surface area contributed by atoms with Gasteiger partial charge in [-0.15, -0.1) is 0 Å². The van der Waals surface area contributed by atoms with Crippen LogP contribution in [0.4, 0.5) is 18.9 Å². The van der Waals surface area contributed by atoms with Crippen LogP contribution in [0.3, 0.4) is 0 Å². The lowest BCUT2D eigenvalue weighted by atomic mass is 10.1. The minimum absolute atomic E-state index is 0.205. The molecule has 4 rings (SSSR count). The van der Waals surface area contributed by atoms with E-state index in [1.54, 1.807) is 35.4 Å². The maximum atomic E-state index is 12.1. The van der Waals surface area contributed by atoms with Gasteiger partial charge in [0, 0.05) is 29.5 Å². The van der Waals surface area contributed by atoms with Crippen LogP contribution in [0.2, 0.25) is 0 Å². The first kappa shape index (κ1) is 17.6. The summed E-state index contributed by atoms with van der Waals surface area (Å²) >= 11 is 0. The number of hydrogen-bond acceptors (Lipinski definition) is 5. The predicted molar refractivity (Wildman–Crippen MR) is 94.4 cm³/mol. The number of nitrogens with zero attached hydrogens (tertiary/aromatic N) is 3. The van der Waals surface area contributed by atoms with Crippen molar-refractivity contribution in [1.82, 2.24) is 19.7 Å². The fourth-order valence-corrected chi connectivity index (χ4v) is 2.64. The molecule has 0 aliphatic carbocycles. The van der Waals surface area contributed by atoms with Crippen LogP contribution in [0.15, 0.2) is 61.2 Å². The molecule has 10 heteroatoms. The van der Waals surface area contributed by atoms with Gasteiger partial charge in [-0.25, -0.2) is 19.9 Å². The van der Waals surface area contributed by atoms with E-state index < -0.39 is 12.1 Å². The van der Waals surface area contributed by atoms with Crippen LogP contribution in [0.1, 0.15) is 0 Å². The van der Waals surface area contributed by atoms with Crippen molar-refractivity contribution in [3.63, 3.8) is 0 Å². The van der Waals surface area contributed by atoms with Crippen molar-refractivity contribution in [2.75, 3.05) is 5.48 Å². The number of aromatic nitrogens is 4. The van der Waals surface area contributed by atoms with Crippen LogP contribution in [0.25, 0.3) is 27.8 Å². The fourth-order valence-electron chi connectivity index (χ4n) is 2.64. The number of carbonyl (C=O) groups is 1. The van der Waals surface area contributed by atoms with Gasteiger partial charge < -0.3 is 9.82 Å². The second-order valence-electron chi connectivity index (χ2n) is 5.81. The highest BCUT2D eigenvalue weighted by atomic mass is 19.4. The topological polar surface area (TPSA) is 84.8 Å². The fraction of sp³-hybridized carbons (Fsp3) is 0.0556. The summed E-state index contributed by atoms with van der Waals surface area (Å²) < 4.78 is 38.1. The highest BCUT2D eigenvalue weighted by Crippen LogP contribution is 2.25. The van der Waals surface area contributed by atoms with E-state index in [1.807, 2.05) is 23.8 Å². The number of anilines is 1. The Bertz CT molecular complexity index is 1130. The molecule has 0 atom stereocenters. The van der Waals surface area contributed by atoms with Crippen molar-refractivity contribution in [2.45, 2.75) is 6.18 Å². The summed E-state index contributed by atoms with van der Waals surface area (Å²) in [5, 5.41) is 5.29. The van der Waals surface area contributed by atoms with Crippen molar-refractivity contribution in [3.05, 3.63) is 61.2 Å². The van der Waals surface area contributed by atoms with Gasteiger partial charge in [-0.2, -0.15) is 18.3 Å². The Kier molecular flexibility index (Phi) is 4.22. The van der Waals surface area contributed by atoms with Crippen LogP contribution in [-0.4, -0.2) is 31.9 Å². The molecular weight excluding hydrogens is 375 g/mol. The zero-order valence-electron chi connectivity index (χ0n) is 14.1. The van der Waals surface area contributed by atoms with E-state index in [0.29, 0.717) is 0 Å². The molecule has 0 aliphatic heterocycles. The molecule has 0 saturated heterocycles. The predicted octanol–water partition coefficient (Wildman–Crippen LogP) is 3.85. The first-order chi connectivity index (χ1) is 13.4. The molecule has 0 aliphatic rings. The minimum Gasteiger partial charge on any atom is -0.346 e. The standard InChI is InChI=1S/C18H12F3N5O2/c19-18(20,21)17(27)28-25-13-3-1-11(2-4-13)12-9-24-26(10-12)15-6-8-23-16-14(15)5-7-22-16/h1-10,25H,(H,22,23). The van der Waals surface area contributed by atoms with Crippen molar-refractivity contribution in [2.24, 2.45) is 0 Å². The highest BCUT2D eigenvalue weighted by molar-refractivity contribution is 5.84. The molecule has 0 saturated carbocycles. The maximum absolute atomic E-state index is 12.1. The summed E-state index contributed by atoms with van der Waals surface area (Å²) in [5.41, 5.74) is 5.38. The maximum Gasteiger partial charge on any atom is 0.493 e. The third-order valence-electron chi connectivity index (χ3n) is 3.98. The van der Waals surface area contributed by atoms with E-state index in [-0.39, 0.29) is 5.69 Å². The largest absolute Gasteiger partial charge is 0.493 e. The van der Waals surface area contributed by atoms with Gasteiger partial charge in [0.1, 0.15) is 5.65 Å². The second kappa shape index (κ2) is 6.72. The molecule has 0 spiro atoms. The zero-order valence-corrected chi connectivity index (χ0v) is 14.1. The van der Waals surface area contributed by atoms with Gasteiger partial charge in [-0.1, -0.05) is 12.1 Å². The summed E-state index contributed by atoms with van der Waals surface area (Å²) in [5.74, 6) is -2.31. The summed E-state index contributed by atoms with van der Waals surface area (Å²) in [6, 6.07) is 10.1. The molecule has 2 N–H and O–H groups in total. The Morgan fingerprint density at radius 1 is 1.11 bits per heavy atom. The number of fused-ring (bicyclic) bond motifs is 1. The van der Waals surface area contributed by atoms with Crippen LogP contribution in [-0.2, 0) is 9.63 Å². The van der Waals surface area contributed by atoms with Gasteiger partial charge in [-0.3, -0.25) is 0 Å². The molecule has 1 aromatic carbocycles. The van der Waals surface area contributed by atoms with Gasteiger partial charge >= 0.3 is 12.1 Å². The zero-order chi connectivity index (χ0) is 19.7. The van der Waals surface area contributed by atoms with Crippen molar-refractivity contribution >= 4 is 22.7 Å². The Morgan fingerprint density at radius 3 is 2.64 bits per heavy atom. The smallest absolute Gasteiger partial charge is 0.346 e. The molecule has 0 unspecified atom stereocenters. The molecule has 28 heavy (non-hydrogen) atoms. The van der Waals surface area contributed by atoms with Gasteiger partial charge in [0.05, 0.1) is 17.6 Å². The highest BCUT2D eigenvalue weighted by Gasteiger charge is 2.41. The Labute approximate surface area is 155 Å². The van der Waals surface area contributed by atoms with Gasteiger partial charge in [0.25, 0.3) is 0 Å². The van der Waals surface area contributed by atoms with Crippen LogP contribution in [0, 0.1) is 0 Å². The number of pyridine rings is 1. The average Bonchev–Trinajstić information content (AvgIpc) is 3.35. The van der Waals surface area contributed by atoms with Crippen molar-refractivity contribution in [1.29, 1.82) is 0 Å². The summed E-state index contributed by atoms with van der Waals surface area (Å²) in [7, 11) is 0. The lowest BCUT2D eigenvalue weighted by molar-refractivity contribution is -0.196. The number of rotatable bonds is 4. The number of H-pyrrole nitrogens is 1. The molecule has 3 aromatic heterocycles. The van der Waals surface area contributed by atoms with Crippen LogP contribution in [0.5, 0.6) is 0 Å². The monoisotopic (exact) mass is 387 g/mol. The molecule has 0 fully saturated rings. The summed E-state index contributed by atoms with van der Waals surface area (Å²) in [6.07, 6.45) is 1.92.